The largest absolute Gasteiger partial charge is 0.495 e. The first kappa shape index (κ1) is 16.1. The van der Waals surface area contributed by atoms with E-state index in [0.29, 0.717) is 11.4 Å². The molecule has 0 unspecified atom stereocenters. The van der Waals surface area contributed by atoms with E-state index in [9.17, 15) is 9.59 Å². The molecule has 2 atom stereocenters. The Kier molecular flexibility index (Phi) is 4.51. The molecule has 2 aromatic carbocycles. The molecule has 124 valence electrons. The van der Waals surface area contributed by atoms with Gasteiger partial charge in [0.25, 0.3) is 0 Å². The van der Waals surface area contributed by atoms with Crippen LogP contribution in [0.2, 0.25) is 0 Å². The third kappa shape index (κ3) is 2.97. The summed E-state index contributed by atoms with van der Waals surface area (Å²) in [4.78, 5) is 26.6. The number of hydrogen-bond donors (Lipinski definition) is 1. The summed E-state index contributed by atoms with van der Waals surface area (Å²) in [6.07, 6.45) is 0.205. The maximum absolute atomic E-state index is 12.8. The summed E-state index contributed by atoms with van der Waals surface area (Å²) < 4.78 is 5.27. The first-order valence-corrected chi connectivity index (χ1v) is 7.86. The Bertz CT molecular complexity index is 745. The van der Waals surface area contributed by atoms with E-state index in [1.54, 1.807) is 31.2 Å². The molecule has 2 aromatic rings. The Hall–Kier alpha value is -2.82. The molecule has 5 nitrogen and oxygen atoms in total. The van der Waals surface area contributed by atoms with Crippen LogP contribution in [-0.2, 0) is 9.59 Å². The van der Waals surface area contributed by atoms with Gasteiger partial charge in [0.15, 0.2) is 0 Å². The molecule has 5 heteroatoms. The number of likely N-dealkylation sites (tertiary alicyclic amines) is 1. The number of anilines is 1. The second kappa shape index (κ2) is 6.74. The van der Waals surface area contributed by atoms with Crippen LogP contribution in [-0.4, -0.2) is 30.9 Å². The van der Waals surface area contributed by atoms with Crippen LogP contribution in [0, 0.1) is 5.92 Å². The summed E-state index contributed by atoms with van der Waals surface area (Å²) in [5.41, 5.74) is 1.57. The lowest BCUT2D eigenvalue weighted by Crippen LogP contribution is -2.30. The molecule has 1 aliphatic heterocycles. The number of amides is 2. The fourth-order valence-corrected chi connectivity index (χ4v) is 3.18. The van der Waals surface area contributed by atoms with Gasteiger partial charge in [-0.3, -0.25) is 9.59 Å². The lowest BCUT2D eigenvalue weighted by Gasteiger charge is -2.25. The first-order valence-electron chi connectivity index (χ1n) is 7.86. The van der Waals surface area contributed by atoms with Crippen molar-refractivity contribution in [1.82, 2.24) is 4.90 Å². The average molecular weight is 324 g/mol. The third-order valence-electron chi connectivity index (χ3n) is 4.43. The molecule has 1 saturated heterocycles. The van der Waals surface area contributed by atoms with Crippen LogP contribution >= 0.6 is 0 Å². The van der Waals surface area contributed by atoms with E-state index in [1.165, 1.54) is 0 Å². The molecule has 1 aliphatic rings. The van der Waals surface area contributed by atoms with Crippen molar-refractivity contribution in [3.8, 4) is 5.75 Å². The summed E-state index contributed by atoms with van der Waals surface area (Å²) in [7, 11) is 3.31. The van der Waals surface area contributed by atoms with E-state index < -0.39 is 5.92 Å². The molecular weight excluding hydrogens is 304 g/mol. The van der Waals surface area contributed by atoms with Crippen molar-refractivity contribution < 1.29 is 14.3 Å². The molecule has 0 aliphatic carbocycles. The van der Waals surface area contributed by atoms with Crippen LogP contribution in [0.25, 0.3) is 0 Å². The van der Waals surface area contributed by atoms with E-state index >= 15 is 0 Å². The van der Waals surface area contributed by atoms with Gasteiger partial charge in [0.05, 0.1) is 24.8 Å². The second-order valence-electron chi connectivity index (χ2n) is 5.86. The van der Waals surface area contributed by atoms with Crippen molar-refractivity contribution in [3.63, 3.8) is 0 Å². The molecule has 1 heterocycles. The van der Waals surface area contributed by atoms with Crippen molar-refractivity contribution >= 4 is 17.5 Å². The van der Waals surface area contributed by atoms with Crippen molar-refractivity contribution in [2.45, 2.75) is 12.5 Å². The highest BCUT2D eigenvalue weighted by Gasteiger charge is 2.42. The number of para-hydroxylation sites is 2. The number of carbonyl (C=O) groups excluding carboxylic acids is 2. The minimum absolute atomic E-state index is 0.0240. The van der Waals surface area contributed by atoms with Gasteiger partial charge in [-0.15, -0.1) is 0 Å². The lowest BCUT2D eigenvalue weighted by atomic mass is 9.93. The maximum atomic E-state index is 12.8. The number of nitrogens with one attached hydrogen (secondary N) is 1. The fourth-order valence-electron chi connectivity index (χ4n) is 3.18. The Morgan fingerprint density at radius 2 is 1.79 bits per heavy atom. The van der Waals surface area contributed by atoms with Crippen molar-refractivity contribution in [3.05, 3.63) is 60.2 Å². The van der Waals surface area contributed by atoms with Crippen LogP contribution < -0.4 is 10.1 Å². The minimum Gasteiger partial charge on any atom is -0.495 e. The normalized spacial score (nSPS) is 20.1. The lowest BCUT2D eigenvalue weighted by molar-refractivity contribution is -0.127. The van der Waals surface area contributed by atoms with Gasteiger partial charge in [0, 0.05) is 13.5 Å². The van der Waals surface area contributed by atoms with Crippen LogP contribution in [0.15, 0.2) is 54.6 Å². The molecule has 2 amide bonds. The molecule has 3 rings (SSSR count). The number of benzene rings is 2. The summed E-state index contributed by atoms with van der Waals surface area (Å²) in [6.45, 7) is 0. The molecule has 0 saturated carbocycles. The van der Waals surface area contributed by atoms with E-state index in [-0.39, 0.29) is 24.3 Å². The molecule has 1 N–H and O–H groups in total. The SMILES string of the molecule is COc1ccccc1NC(=O)[C@H]1CC(=O)N(C)[C@@H]1c1ccccc1. The third-order valence-corrected chi connectivity index (χ3v) is 4.43. The second-order valence-corrected chi connectivity index (χ2v) is 5.86. The van der Waals surface area contributed by atoms with E-state index in [1.807, 2.05) is 42.5 Å². The van der Waals surface area contributed by atoms with Gasteiger partial charge in [-0.2, -0.15) is 0 Å². The number of hydrogen-bond acceptors (Lipinski definition) is 3. The molecule has 1 fully saturated rings. The predicted molar refractivity (Wildman–Crippen MR) is 91.7 cm³/mol. The quantitative estimate of drug-likeness (QED) is 0.941. The number of nitrogens with zero attached hydrogens (tertiary/aromatic N) is 1. The van der Waals surface area contributed by atoms with Gasteiger partial charge in [-0.25, -0.2) is 0 Å². The Morgan fingerprint density at radius 1 is 1.12 bits per heavy atom. The van der Waals surface area contributed by atoms with Crippen molar-refractivity contribution in [1.29, 1.82) is 0 Å². The van der Waals surface area contributed by atoms with Gasteiger partial charge in [-0.1, -0.05) is 42.5 Å². The van der Waals surface area contributed by atoms with Crippen LogP contribution in [0.1, 0.15) is 18.0 Å². The van der Waals surface area contributed by atoms with E-state index in [0.717, 1.165) is 5.56 Å². The molecule has 24 heavy (non-hydrogen) atoms. The highest BCUT2D eigenvalue weighted by atomic mass is 16.5. The maximum Gasteiger partial charge on any atom is 0.230 e. The number of rotatable bonds is 4. The van der Waals surface area contributed by atoms with E-state index in [4.69, 9.17) is 4.74 Å². The van der Waals surface area contributed by atoms with Crippen molar-refractivity contribution in [2.75, 3.05) is 19.5 Å². The number of carbonyl (C=O) groups is 2. The van der Waals surface area contributed by atoms with Crippen LogP contribution in [0.4, 0.5) is 5.69 Å². The Morgan fingerprint density at radius 3 is 2.50 bits per heavy atom. The summed E-state index contributed by atoms with van der Waals surface area (Å²) in [5.74, 6) is -0.0373. The molecular formula is C19H20N2O3. The van der Waals surface area contributed by atoms with Crippen LogP contribution in [0.3, 0.4) is 0 Å². The Balaban J connectivity index is 1.86. The van der Waals surface area contributed by atoms with Gasteiger partial charge in [0.1, 0.15) is 5.75 Å². The number of ether oxygens (including phenoxy) is 1. The highest BCUT2D eigenvalue weighted by Crippen LogP contribution is 2.38. The summed E-state index contributed by atoms with van der Waals surface area (Å²) in [6, 6.07) is 16.6. The smallest absolute Gasteiger partial charge is 0.230 e. The summed E-state index contributed by atoms with van der Waals surface area (Å²) >= 11 is 0. The molecule has 0 spiro atoms. The average Bonchev–Trinajstić information content (AvgIpc) is 2.91. The monoisotopic (exact) mass is 324 g/mol. The van der Waals surface area contributed by atoms with Gasteiger partial charge in [0.2, 0.25) is 11.8 Å². The zero-order valence-electron chi connectivity index (χ0n) is 13.7. The molecule has 0 radical (unpaired) electrons. The van der Waals surface area contributed by atoms with Gasteiger partial charge < -0.3 is 15.0 Å². The predicted octanol–water partition coefficient (Wildman–Crippen LogP) is 2.85. The zero-order chi connectivity index (χ0) is 17.1. The standard InChI is InChI=1S/C19H20N2O3/c1-21-17(22)12-14(18(21)13-8-4-3-5-9-13)19(23)20-15-10-6-7-11-16(15)24-2/h3-11,14,18H,12H2,1-2H3,(H,20,23)/t14-,18+/m0/s1. The van der Waals surface area contributed by atoms with E-state index in [2.05, 4.69) is 5.32 Å². The fraction of sp³-hybridized carbons (Fsp3) is 0.263. The summed E-state index contributed by atoms with van der Waals surface area (Å²) in [5, 5.41) is 2.90. The highest BCUT2D eigenvalue weighted by molar-refractivity contribution is 5.98. The van der Waals surface area contributed by atoms with Crippen LogP contribution in [0.5, 0.6) is 5.75 Å². The zero-order valence-corrected chi connectivity index (χ0v) is 13.7. The van der Waals surface area contributed by atoms with Crippen molar-refractivity contribution in [2.24, 2.45) is 5.92 Å². The topological polar surface area (TPSA) is 58.6 Å². The number of methoxy groups -OCH3 is 1. The van der Waals surface area contributed by atoms with Gasteiger partial charge >= 0.3 is 0 Å². The first-order chi connectivity index (χ1) is 11.6. The minimum atomic E-state index is -0.435. The molecule has 0 aromatic heterocycles. The van der Waals surface area contributed by atoms with Gasteiger partial charge in [-0.05, 0) is 17.7 Å². The Labute approximate surface area is 141 Å². The molecule has 0 bridgehead atoms.